The van der Waals surface area contributed by atoms with Crippen molar-refractivity contribution < 1.29 is 0 Å². The first-order valence-electron chi connectivity index (χ1n) is 10.8. The summed E-state index contributed by atoms with van der Waals surface area (Å²) in [6, 6.07) is 20.8. The van der Waals surface area contributed by atoms with Gasteiger partial charge in [0.1, 0.15) is 22.9 Å². The van der Waals surface area contributed by atoms with Crippen LogP contribution in [0.1, 0.15) is 31.5 Å². The van der Waals surface area contributed by atoms with Gasteiger partial charge in [0.05, 0.1) is 11.2 Å². The molecule has 2 aromatic carbocycles. The Bertz CT molecular complexity index is 1410. The molecule has 2 N–H and O–H groups in total. The van der Waals surface area contributed by atoms with Crippen molar-refractivity contribution in [1.29, 1.82) is 0 Å². The maximum atomic E-state index is 6.32. The second kappa shape index (κ2) is 6.91. The number of nitrogen functional groups attached to an aromatic ring is 1. The predicted molar refractivity (Wildman–Crippen MR) is 125 cm³/mol. The van der Waals surface area contributed by atoms with Crippen LogP contribution in [0.15, 0.2) is 73.1 Å². The molecule has 0 amide bonds. The first-order chi connectivity index (χ1) is 15.2. The topological polar surface area (TPSA) is 69.1 Å². The number of hydrogen-bond acceptors (Lipinski definition) is 4. The van der Waals surface area contributed by atoms with Gasteiger partial charge in [0, 0.05) is 34.8 Å². The van der Waals surface area contributed by atoms with Crippen molar-refractivity contribution in [2.24, 2.45) is 5.92 Å². The summed E-state index contributed by atoms with van der Waals surface area (Å²) >= 11 is 0. The van der Waals surface area contributed by atoms with Gasteiger partial charge in [0.25, 0.3) is 0 Å². The molecule has 0 unspecified atom stereocenters. The fourth-order valence-electron chi connectivity index (χ4n) is 4.72. The highest BCUT2D eigenvalue weighted by Crippen LogP contribution is 2.42. The zero-order valence-electron chi connectivity index (χ0n) is 17.4. The van der Waals surface area contributed by atoms with E-state index in [0.717, 1.165) is 50.7 Å². The largest absolute Gasteiger partial charge is 0.382 e. The van der Waals surface area contributed by atoms with Crippen LogP contribution in [0.25, 0.3) is 38.9 Å². The minimum Gasteiger partial charge on any atom is -0.382 e. The number of rotatable bonds is 3. The predicted octanol–water partition coefficient (Wildman–Crippen LogP) is 5.71. The number of anilines is 1. The van der Waals surface area contributed by atoms with Gasteiger partial charge in [-0.05, 0) is 30.9 Å². The number of hydrogen-bond donors (Lipinski definition) is 1. The average molecular weight is 406 g/mol. The molecule has 1 fully saturated rings. The minimum absolute atomic E-state index is 0.473. The fraction of sp³-hybridized carbons (Fsp3) is 0.192. The van der Waals surface area contributed by atoms with Crippen LogP contribution in [0.5, 0.6) is 0 Å². The highest BCUT2D eigenvalue weighted by atomic mass is 15.1. The molecule has 3 aromatic heterocycles. The minimum atomic E-state index is 0.473. The lowest BCUT2D eigenvalue weighted by Crippen LogP contribution is -2.21. The van der Waals surface area contributed by atoms with Crippen molar-refractivity contribution >= 4 is 22.2 Å². The fourth-order valence-corrected chi connectivity index (χ4v) is 4.72. The summed E-state index contributed by atoms with van der Waals surface area (Å²) < 4.78 is 2.13. The molecule has 31 heavy (non-hydrogen) atoms. The smallest absolute Gasteiger partial charge is 0.150 e. The van der Waals surface area contributed by atoms with Gasteiger partial charge in [0.15, 0.2) is 0 Å². The Hall–Kier alpha value is -3.73. The summed E-state index contributed by atoms with van der Waals surface area (Å²) in [5.74, 6) is 2.82. The normalized spacial score (nSPS) is 18.4. The first kappa shape index (κ1) is 18.1. The Balaban J connectivity index is 1.51. The molecule has 1 saturated carbocycles. The van der Waals surface area contributed by atoms with E-state index in [1.807, 2.05) is 24.4 Å². The number of pyridine rings is 1. The third-order valence-electron chi connectivity index (χ3n) is 6.38. The molecule has 0 saturated heterocycles. The highest BCUT2D eigenvalue weighted by molar-refractivity contribution is 5.91. The zero-order valence-corrected chi connectivity index (χ0v) is 17.4. The van der Waals surface area contributed by atoms with Gasteiger partial charge < -0.3 is 5.73 Å². The standard InChI is InChI=1S/C26H23N5/c1-16-13-20(14-16)26-30-23(24-25(27)28-11-12-31(24)26)19-8-7-18-9-10-21(29-22(18)15-19)17-5-3-2-4-6-17/h2-12,15-16,20H,13-14H2,1H3,(H2,27,28)/t16-,20-. The third-order valence-corrected chi connectivity index (χ3v) is 6.38. The van der Waals surface area contributed by atoms with E-state index in [1.54, 1.807) is 6.20 Å². The van der Waals surface area contributed by atoms with Crippen LogP contribution in [0, 0.1) is 5.92 Å². The van der Waals surface area contributed by atoms with Gasteiger partial charge in [-0.2, -0.15) is 0 Å². The van der Waals surface area contributed by atoms with E-state index >= 15 is 0 Å². The molecular weight excluding hydrogens is 382 g/mol. The van der Waals surface area contributed by atoms with E-state index in [-0.39, 0.29) is 0 Å². The van der Waals surface area contributed by atoms with Crippen molar-refractivity contribution in [2.75, 3.05) is 5.73 Å². The second-order valence-electron chi connectivity index (χ2n) is 8.59. The van der Waals surface area contributed by atoms with Gasteiger partial charge in [-0.1, -0.05) is 55.5 Å². The number of nitrogens with two attached hydrogens (primary N) is 1. The number of fused-ring (bicyclic) bond motifs is 2. The molecule has 3 heterocycles. The van der Waals surface area contributed by atoms with E-state index in [4.69, 9.17) is 15.7 Å². The van der Waals surface area contributed by atoms with Crippen LogP contribution < -0.4 is 5.73 Å². The molecule has 152 valence electrons. The number of nitrogens with zero attached hydrogens (tertiary/aromatic N) is 4. The molecule has 0 spiro atoms. The maximum absolute atomic E-state index is 6.32. The van der Waals surface area contributed by atoms with Gasteiger partial charge in [-0.3, -0.25) is 4.40 Å². The zero-order chi connectivity index (χ0) is 20.9. The Kier molecular flexibility index (Phi) is 4.03. The number of aromatic nitrogens is 4. The van der Waals surface area contributed by atoms with E-state index in [0.29, 0.717) is 11.7 Å². The Morgan fingerprint density at radius 3 is 2.55 bits per heavy atom. The molecule has 6 rings (SSSR count). The SMILES string of the molecule is C[C@H]1C[C@H](c2nc(-c3ccc4ccc(-c5ccccc5)nc4c3)c3c(N)nccn32)C1. The van der Waals surface area contributed by atoms with E-state index in [1.165, 1.54) is 12.8 Å². The van der Waals surface area contributed by atoms with Crippen LogP contribution in [0.2, 0.25) is 0 Å². The van der Waals surface area contributed by atoms with Gasteiger partial charge >= 0.3 is 0 Å². The maximum Gasteiger partial charge on any atom is 0.150 e. The van der Waals surface area contributed by atoms with E-state index in [9.17, 15) is 0 Å². The van der Waals surface area contributed by atoms with Crippen LogP contribution in [-0.2, 0) is 0 Å². The van der Waals surface area contributed by atoms with Crippen molar-refractivity contribution in [3.8, 4) is 22.5 Å². The van der Waals surface area contributed by atoms with Gasteiger partial charge in [-0.15, -0.1) is 0 Å². The van der Waals surface area contributed by atoms with Crippen molar-refractivity contribution in [2.45, 2.75) is 25.7 Å². The molecule has 0 bridgehead atoms. The molecule has 5 heteroatoms. The number of imidazole rings is 1. The molecular formula is C26H23N5. The van der Waals surface area contributed by atoms with Crippen molar-refractivity contribution in [3.63, 3.8) is 0 Å². The summed E-state index contributed by atoms with van der Waals surface area (Å²) in [5.41, 5.74) is 12.1. The highest BCUT2D eigenvalue weighted by Gasteiger charge is 2.31. The quantitative estimate of drug-likeness (QED) is 0.418. The first-order valence-corrected chi connectivity index (χ1v) is 10.8. The molecule has 5 aromatic rings. The molecule has 0 atom stereocenters. The van der Waals surface area contributed by atoms with Crippen molar-refractivity contribution in [1.82, 2.24) is 19.4 Å². The van der Waals surface area contributed by atoms with Gasteiger partial charge in [0.2, 0.25) is 0 Å². The van der Waals surface area contributed by atoms with Crippen LogP contribution in [0.4, 0.5) is 5.82 Å². The summed E-state index contributed by atoms with van der Waals surface area (Å²) in [5, 5.41) is 1.10. The Morgan fingerprint density at radius 1 is 0.935 bits per heavy atom. The van der Waals surface area contributed by atoms with Crippen LogP contribution >= 0.6 is 0 Å². The van der Waals surface area contributed by atoms with Crippen LogP contribution in [0.3, 0.4) is 0 Å². The summed E-state index contributed by atoms with van der Waals surface area (Å²) in [7, 11) is 0. The monoisotopic (exact) mass is 405 g/mol. The summed E-state index contributed by atoms with van der Waals surface area (Å²) in [6.07, 6.45) is 6.07. The summed E-state index contributed by atoms with van der Waals surface area (Å²) in [6.45, 7) is 2.29. The molecule has 5 nitrogen and oxygen atoms in total. The molecule has 1 aliphatic rings. The lowest BCUT2D eigenvalue weighted by Gasteiger charge is -2.31. The Morgan fingerprint density at radius 2 is 1.74 bits per heavy atom. The van der Waals surface area contributed by atoms with Crippen LogP contribution in [-0.4, -0.2) is 19.4 Å². The Labute approximate surface area is 180 Å². The number of benzene rings is 2. The molecule has 0 aliphatic heterocycles. The lowest BCUT2D eigenvalue weighted by molar-refractivity contribution is 0.277. The van der Waals surface area contributed by atoms with E-state index in [2.05, 4.69) is 58.8 Å². The lowest BCUT2D eigenvalue weighted by atomic mass is 9.76. The molecule has 1 aliphatic carbocycles. The average Bonchev–Trinajstić information content (AvgIpc) is 3.17. The molecule has 0 radical (unpaired) electrons. The second-order valence-corrected chi connectivity index (χ2v) is 8.59. The van der Waals surface area contributed by atoms with Crippen molar-refractivity contribution in [3.05, 3.63) is 78.9 Å². The van der Waals surface area contributed by atoms with Gasteiger partial charge in [-0.25, -0.2) is 15.0 Å². The third kappa shape index (κ3) is 2.96. The van der Waals surface area contributed by atoms with E-state index < -0.39 is 0 Å². The summed E-state index contributed by atoms with van der Waals surface area (Å²) in [4.78, 5) is 14.4.